The van der Waals surface area contributed by atoms with Gasteiger partial charge in [0.15, 0.2) is 0 Å². The minimum atomic E-state index is -0.118. The number of ether oxygens (including phenoxy) is 1. The number of rotatable bonds is 8. The predicted molar refractivity (Wildman–Crippen MR) is 105 cm³/mol. The fourth-order valence-electron chi connectivity index (χ4n) is 2.86. The van der Waals surface area contributed by atoms with Gasteiger partial charge in [-0.1, -0.05) is 30.3 Å². The molecule has 0 aliphatic rings. The lowest BCUT2D eigenvalue weighted by molar-refractivity contribution is -0.118. The van der Waals surface area contributed by atoms with Crippen molar-refractivity contribution >= 4 is 23.2 Å². The third kappa shape index (κ3) is 4.85. The van der Waals surface area contributed by atoms with Crippen molar-refractivity contribution in [2.45, 2.75) is 27.2 Å². The molecule has 138 valence electrons. The number of carbonyl (C=O) groups excluding carboxylic acids is 2. The molecule has 2 aromatic carbocycles. The molecule has 5 nitrogen and oxygen atoms in total. The van der Waals surface area contributed by atoms with Crippen molar-refractivity contribution in [2.75, 3.05) is 29.5 Å². The third-order valence-electron chi connectivity index (χ3n) is 4.07. The standard InChI is InChI=1S/C21H26N2O3/c1-4-22(18-11-7-6-8-12-18)21(25)15-16-23(17(3)24)19-13-9-10-14-20(19)26-5-2/h6-14H,4-5,15-16H2,1-3H3. The number of anilines is 2. The number of benzene rings is 2. The van der Waals surface area contributed by atoms with Crippen molar-refractivity contribution < 1.29 is 14.3 Å². The molecule has 0 bridgehead atoms. The first-order chi connectivity index (χ1) is 12.6. The number of nitrogens with zero attached hydrogens (tertiary/aromatic N) is 2. The van der Waals surface area contributed by atoms with Crippen molar-refractivity contribution in [3.8, 4) is 5.75 Å². The second kappa shape index (κ2) is 9.61. The van der Waals surface area contributed by atoms with Gasteiger partial charge in [-0.2, -0.15) is 0 Å². The highest BCUT2D eigenvalue weighted by Crippen LogP contribution is 2.28. The average molecular weight is 354 g/mol. The topological polar surface area (TPSA) is 49.9 Å². The number of carbonyl (C=O) groups is 2. The second-order valence-electron chi connectivity index (χ2n) is 5.79. The maximum absolute atomic E-state index is 12.7. The van der Waals surface area contributed by atoms with Crippen molar-refractivity contribution in [3.63, 3.8) is 0 Å². The molecule has 0 heterocycles. The van der Waals surface area contributed by atoms with Crippen LogP contribution >= 0.6 is 0 Å². The Morgan fingerprint density at radius 1 is 0.923 bits per heavy atom. The zero-order chi connectivity index (χ0) is 18.9. The van der Waals surface area contributed by atoms with Crippen LogP contribution in [-0.4, -0.2) is 31.5 Å². The van der Waals surface area contributed by atoms with Gasteiger partial charge in [0.1, 0.15) is 5.75 Å². The first-order valence-electron chi connectivity index (χ1n) is 8.93. The minimum Gasteiger partial charge on any atom is -0.492 e. The quantitative estimate of drug-likeness (QED) is 0.723. The van der Waals surface area contributed by atoms with E-state index in [-0.39, 0.29) is 18.2 Å². The molecule has 2 amide bonds. The van der Waals surface area contributed by atoms with Crippen LogP contribution in [0.25, 0.3) is 0 Å². The van der Waals surface area contributed by atoms with Crippen LogP contribution in [0.15, 0.2) is 54.6 Å². The Balaban J connectivity index is 2.14. The van der Waals surface area contributed by atoms with Gasteiger partial charge in [0.05, 0.1) is 12.3 Å². The van der Waals surface area contributed by atoms with Gasteiger partial charge in [-0.15, -0.1) is 0 Å². The number of para-hydroxylation sites is 3. The second-order valence-corrected chi connectivity index (χ2v) is 5.79. The van der Waals surface area contributed by atoms with E-state index in [4.69, 9.17) is 4.74 Å². The molecule has 0 unspecified atom stereocenters. The summed E-state index contributed by atoms with van der Waals surface area (Å²) in [7, 11) is 0. The van der Waals surface area contributed by atoms with Gasteiger partial charge in [0.2, 0.25) is 11.8 Å². The van der Waals surface area contributed by atoms with E-state index in [1.54, 1.807) is 9.80 Å². The van der Waals surface area contributed by atoms with E-state index >= 15 is 0 Å². The lowest BCUT2D eigenvalue weighted by atomic mass is 10.2. The summed E-state index contributed by atoms with van der Waals surface area (Å²) in [4.78, 5) is 28.2. The molecular formula is C21H26N2O3. The summed E-state index contributed by atoms with van der Waals surface area (Å²) in [6.07, 6.45) is 0.239. The van der Waals surface area contributed by atoms with Gasteiger partial charge < -0.3 is 14.5 Å². The van der Waals surface area contributed by atoms with Crippen molar-refractivity contribution in [1.82, 2.24) is 0 Å². The molecular weight excluding hydrogens is 328 g/mol. The Labute approximate surface area is 155 Å². The zero-order valence-corrected chi connectivity index (χ0v) is 15.6. The largest absolute Gasteiger partial charge is 0.492 e. The van der Waals surface area contributed by atoms with Crippen molar-refractivity contribution in [3.05, 3.63) is 54.6 Å². The molecule has 2 rings (SSSR count). The molecule has 0 aromatic heterocycles. The van der Waals surface area contributed by atoms with E-state index in [1.165, 1.54) is 6.92 Å². The third-order valence-corrected chi connectivity index (χ3v) is 4.07. The number of hydrogen-bond acceptors (Lipinski definition) is 3. The Hall–Kier alpha value is -2.82. The SMILES string of the molecule is CCOc1ccccc1N(CCC(=O)N(CC)c1ccccc1)C(C)=O. The van der Waals surface area contributed by atoms with Crippen molar-refractivity contribution in [1.29, 1.82) is 0 Å². The number of hydrogen-bond donors (Lipinski definition) is 0. The highest BCUT2D eigenvalue weighted by molar-refractivity contribution is 5.96. The van der Waals surface area contributed by atoms with Gasteiger partial charge in [0.25, 0.3) is 0 Å². The van der Waals surface area contributed by atoms with Crippen LogP contribution in [0.1, 0.15) is 27.2 Å². The first kappa shape index (κ1) is 19.5. The molecule has 0 spiro atoms. The Kier molecular flexibility index (Phi) is 7.21. The van der Waals surface area contributed by atoms with Crippen LogP contribution in [0.4, 0.5) is 11.4 Å². The molecule has 26 heavy (non-hydrogen) atoms. The van der Waals surface area contributed by atoms with Crippen LogP contribution in [-0.2, 0) is 9.59 Å². The van der Waals surface area contributed by atoms with E-state index in [1.807, 2.05) is 68.4 Å². The van der Waals surface area contributed by atoms with Gasteiger partial charge >= 0.3 is 0 Å². The Morgan fingerprint density at radius 3 is 2.19 bits per heavy atom. The van der Waals surface area contributed by atoms with Crippen LogP contribution in [0.3, 0.4) is 0 Å². The molecule has 0 fully saturated rings. The smallest absolute Gasteiger partial charge is 0.228 e. The van der Waals surface area contributed by atoms with E-state index in [0.717, 1.165) is 5.69 Å². The molecule has 0 aliphatic carbocycles. The van der Waals surface area contributed by atoms with E-state index in [2.05, 4.69) is 0 Å². The maximum Gasteiger partial charge on any atom is 0.228 e. The Morgan fingerprint density at radius 2 is 1.58 bits per heavy atom. The van der Waals surface area contributed by atoms with Gasteiger partial charge in [0, 0.05) is 32.1 Å². The maximum atomic E-state index is 12.7. The average Bonchev–Trinajstić information content (AvgIpc) is 2.64. The van der Waals surface area contributed by atoms with Crippen molar-refractivity contribution in [2.24, 2.45) is 0 Å². The lowest BCUT2D eigenvalue weighted by Crippen LogP contribution is -2.36. The molecule has 0 radical (unpaired) electrons. The van der Waals surface area contributed by atoms with Crippen LogP contribution < -0.4 is 14.5 Å². The van der Waals surface area contributed by atoms with E-state index in [9.17, 15) is 9.59 Å². The zero-order valence-electron chi connectivity index (χ0n) is 15.6. The normalized spacial score (nSPS) is 10.3. The summed E-state index contributed by atoms with van der Waals surface area (Å²) in [6.45, 7) is 6.75. The van der Waals surface area contributed by atoms with Crippen LogP contribution in [0, 0.1) is 0 Å². The molecule has 0 N–H and O–H groups in total. The molecule has 5 heteroatoms. The summed E-state index contributed by atoms with van der Waals surface area (Å²) < 4.78 is 5.62. The summed E-state index contributed by atoms with van der Waals surface area (Å²) in [5.41, 5.74) is 1.56. The summed E-state index contributed by atoms with van der Waals surface area (Å²) in [5.74, 6) is 0.514. The Bertz CT molecular complexity index is 731. The van der Waals surface area contributed by atoms with Crippen LogP contribution in [0.2, 0.25) is 0 Å². The van der Waals surface area contributed by atoms with E-state index < -0.39 is 0 Å². The lowest BCUT2D eigenvalue weighted by Gasteiger charge is -2.26. The molecule has 0 saturated heterocycles. The summed E-state index contributed by atoms with van der Waals surface area (Å²) in [5, 5.41) is 0. The molecule has 0 saturated carbocycles. The fourth-order valence-corrected chi connectivity index (χ4v) is 2.86. The fraction of sp³-hybridized carbons (Fsp3) is 0.333. The van der Waals surface area contributed by atoms with Gasteiger partial charge in [-0.3, -0.25) is 9.59 Å². The monoisotopic (exact) mass is 354 g/mol. The van der Waals surface area contributed by atoms with Gasteiger partial charge in [-0.05, 0) is 38.1 Å². The minimum absolute atomic E-state index is 0.0150. The number of amides is 2. The summed E-state index contributed by atoms with van der Waals surface area (Å²) in [6, 6.07) is 17.0. The van der Waals surface area contributed by atoms with E-state index in [0.29, 0.717) is 31.1 Å². The molecule has 0 aliphatic heterocycles. The highest BCUT2D eigenvalue weighted by Gasteiger charge is 2.20. The predicted octanol–water partition coefficient (Wildman–Crippen LogP) is 3.88. The van der Waals surface area contributed by atoms with Crippen LogP contribution in [0.5, 0.6) is 5.75 Å². The first-order valence-corrected chi connectivity index (χ1v) is 8.93. The summed E-state index contributed by atoms with van der Waals surface area (Å²) >= 11 is 0. The highest BCUT2D eigenvalue weighted by atomic mass is 16.5. The van der Waals surface area contributed by atoms with Gasteiger partial charge in [-0.25, -0.2) is 0 Å². The molecule has 2 aromatic rings. The molecule has 0 atom stereocenters.